The summed E-state index contributed by atoms with van der Waals surface area (Å²) in [7, 11) is 2.10. The third-order valence-electron chi connectivity index (χ3n) is 7.06. The third-order valence-corrected chi connectivity index (χ3v) is 7.06. The van der Waals surface area contributed by atoms with Gasteiger partial charge < -0.3 is 14.9 Å². The van der Waals surface area contributed by atoms with Gasteiger partial charge >= 0.3 is 5.69 Å². The Balaban J connectivity index is 1.38. The van der Waals surface area contributed by atoms with Gasteiger partial charge in [0.25, 0.3) is 0 Å². The van der Waals surface area contributed by atoms with Crippen molar-refractivity contribution in [3.05, 3.63) is 88.0 Å². The molecule has 2 aromatic heterocycles. The van der Waals surface area contributed by atoms with E-state index in [2.05, 4.69) is 37.2 Å². The van der Waals surface area contributed by atoms with Crippen LogP contribution in [0.15, 0.2) is 59.4 Å². The van der Waals surface area contributed by atoms with Crippen LogP contribution < -0.4 is 10.6 Å². The maximum Gasteiger partial charge on any atom is 0.348 e. The molecule has 3 heterocycles. The lowest BCUT2D eigenvalue weighted by atomic mass is 10.0. The number of likely N-dealkylation sites (N-methyl/N-ethyl adjacent to an activating group) is 1. The quantitative estimate of drug-likeness (QED) is 0.330. The number of fused-ring (bicyclic) bond motifs is 1. The zero-order chi connectivity index (χ0) is 26.4. The number of anilines is 1. The molecule has 1 saturated heterocycles. The molecule has 11 heteroatoms. The van der Waals surface area contributed by atoms with Crippen LogP contribution in [0, 0.1) is 11.6 Å². The van der Waals surface area contributed by atoms with Crippen LogP contribution in [0.1, 0.15) is 11.3 Å². The summed E-state index contributed by atoms with van der Waals surface area (Å²) in [6, 6.07) is 14.4. The molecule has 0 aliphatic carbocycles. The number of aromatic nitrogens is 5. The number of benzene rings is 3. The Morgan fingerprint density at radius 2 is 1.61 bits per heavy atom. The summed E-state index contributed by atoms with van der Waals surface area (Å²) in [5.41, 5.74) is 2.24. The van der Waals surface area contributed by atoms with Gasteiger partial charge in [-0.05, 0) is 49.5 Å². The van der Waals surface area contributed by atoms with Crippen molar-refractivity contribution in [1.29, 1.82) is 0 Å². The van der Waals surface area contributed by atoms with Crippen LogP contribution in [0.3, 0.4) is 0 Å². The minimum Gasteiger partial charge on any atom is -0.507 e. The van der Waals surface area contributed by atoms with Crippen LogP contribution in [-0.4, -0.2) is 68.2 Å². The van der Waals surface area contributed by atoms with E-state index in [1.165, 1.54) is 28.8 Å². The Labute approximate surface area is 215 Å². The summed E-state index contributed by atoms with van der Waals surface area (Å²) >= 11 is 0. The second kappa shape index (κ2) is 9.42. The van der Waals surface area contributed by atoms with Crippen LogP contribution in [0.2, 0.25) is 0 Å². The lowest BCUT2D eigenvalue weighted by Crippen LogP contribution is -2.44. The maximum atomic E-state index is 14.3. The highest BCUT2D eigenvalue weighted by molar-refractivity contribution is 5.89. The highest BCUT2D eigenvalue weighted by atomic mass is 19.1. The average Bonchev–Trinajstić information content (AvgIpc) is 3.49. The van der Waals surface area contributed by atoms with Crippen molar-refractivity contribution in [1.82, 2.24) is 29.9 Å². The highest BCUT2D eigenvalue weighted by Crippen LogP contribution is 2.34. The number of phenolic OH excluding ortho intramolecular Hbond substituents is 1. The van der Waals surface area contributed by atoms with Gasteiger partial charge in [-0.3, -0.25) is 5.10 Å². The van der Waals surface area contributed by atoms with Crippen LogP contribution in [0.25, 0.3) is 28.0 Å². The van der Waals surface area contributed by atoms with Gasteiger partial charge in [-0.1, -0.05) is 6.07 Å². The minimum atomic E-state index is -0.659. The summed E-state index contributed by atoms with van der Waals surface area (Å²) < 4.78 is 30.0. The Morgan fingerprint density at radius 1 is 0.921 bits per heavy atom. The molecule has 1 aliphatic rings. The van der Waals surface area contributed by atoms with E-state index in [1.807, 2.05) is 24.3 Å². The molecule has 0 atom stereocenters. The van der Waals surface area contributed by atoms with E-state index in [-0.39, 0.29) is 29.1 Å². The van der Waals surface area contributed by atoms with Crippen LogP contribution in [-0.2, 0) is 6.42 Å². The first-order valence-electron chi connectivity index (χ1n) is 12.2. The molecule has 0 unspecified atom stereocenters. The van der Waals surface area contributed by atoms with Crippen molar-refractivity contribution >= 4 is 16.6 Å². The van der Waals surface area contributed by atoms with Crippen LogP contribution >= 0.6 is 0 Å². The first-order chi connectivity index (χ1) is 18.4. The zero-order valence-corrected chi connectivity index (χ0v) is 20.6. The molecule has 9 nitrogen and oxygen atoms in total. The zero-order valence-electron chi connectivity index (χ0n) is 20.6. The van der Waals surface area contributed by atoms with E-state index in [4.69, 9.17) is 0 Å². The summed E-state index contributed by atoms with van der Waals surface area (Å²) in [6.07, 6.45) is -0.0691. The number of halogens is 2. The summed E-state index contributed by atoms with van der Waals surface area (Å²) in [5, 5.41) is 25.0. The van der Waals surface area contributed by atoms with Crippen molar-refractivity contribution in [2.45, 2.75) is 6.42 Å². The molecule has 0 radical (unpaired) electrons. The molecule has 3 N–H and O–H groups in total. The van der Waals surface area contributed by atoms with Gasteiger partial charge in [0.15, 0.2) is 5.82 Å². The number of rotatable bonds is 5. The van der Waals surface area contributed by atoms with Gasteiger partial charge in [0.2, 0.25) is 0 Å². The molecule has 194 valence electrons. The lowest BCUT2D eigenvalue weighted by Gasteiger charge is -2.34. The summed E-state index contributed by atoms with van der Waals surface area (Å²) in [4.78, 5) is 17.4. The maximum absolute atomic E-state index is 14.3. The van der Waals surface area contributed by atoms with E-state index < -0.39 is 17.3 Å². The second-order valence-corrected chi connectivity index (χ2v) is 9.46. The standard InChI is InChI=1S/C27H25F2N7O2/c1-34-9-11-35(12-10-34)16-5-7-17(8-6-16)36-26(32-33-27(36)38)20-13-19-23(30-31-24(19)15-25(20)37)14-18-21(28)3-2-4-22(18)29/h2-8,13,15,37H,9-12,14H2,1H3,(H,30,31)(H,33,38). The smallest absolute Gasteiger partial charge is 0.348 e. The van der Waals surface area contributed by atoms with Gasteiger partial charge in [-0.15, -0.1) is 0 Å². The monoisotopic (exact) mass is 517 g/mol. The van der Waals surface area contributed by atoms with E-state index in [1.54, 1.807) is 6.07 Å². The highest BCUT2D eigenvalue weighted by Gasteiger charge is 2.21. The Morgan fingerprint density at radius 3 is 2.32 bits per heavy atom. The number of aromatic amines is 2. The van der Waals surface area contributed by atoms with Crippen LogP contribution in [0.5, 0.6) is 5.75 Å². The first kappa shape index (κ1) is 23.9. The summed E-state index contributed by atoms with van der Waals surface area (Å²) in [5.74, 6) is -1.26. The Kier molecular flexibility index (Phi) is 5.91. The summed E-state index contributed by atoms with van der Waals surface area (Å²) in [6.45, 7) is 3.80. The number of piperazine rings is 1. The SMILES string of the molecule is CN1CCN(c2ccc(-n3c(-c4cc5c(Cc6c(F)cccc6F)[nH]nc5cc4O)n[nH]c3=O)cc2)CC1. The van der Waals surface area contributed by atoms with Gasteiger partial charge in [-0.25, -0.2) is 23.2 Å². The molecule has 1 aliphatic heterocycles. The third kappa shape index (κ3) is 4.20. The number of nitrogens with zero attached hydrogens (tertiary/aromatic N) is 5. The first-order valence-corrected chi connectivity index (χ1v) is 12.2. The number of aromatic hydroxyl groups is 1. The van der Waals surface area contributed by atoms with Crippen LogP contribution in [0.4, 0.5) is 14.5 Å². The fourth-order valence-electron chi connectivity index (χ4n) is 4.89. The number of nitrogens with one attached hydrogen (secondary N) is 2. The van der Waals surface area contributed by atoms with Gasteiger partial charge in [0.05, 0.1) is 16.8 Å². The van der Waals surface area contributed by atoms with E-state index >= 15 is 0 Å². The largest absolute Gasteiger partial charge is 0.507 e. The van der Waals surface area contributed by atoms with Crippen molar-refractivity contribution in [2.24, 2.45) is 0 Å². The van der Waals surface area contributed by atoms with Crippen molar-refractivity contribution in [2.75, 3.05) is 38.1 Å². The minimum absolute atomic E-state index is 0.0691. The van der Waals surface area contributed by atoms with Crippen molar-refractivity contribution in [3.63, 3.8) is 0 Å². The van der Waals surface area contributed by atoms with Gasteiger partial charge in [0, 0.05) is 61.0 Å². The molecule has 6 rings (SSSR count). The fraction of sp³-hybridized carbons (Fsp3) is 0.222. The predicted octanol–water partition coefficient (Wildman–Crippen LogP) is 3.43. The lowest BCUT2D eigenvalue weighted by molar-refractivity contribution is 0.313. The molecule has 1 fully saturated rings. The van der Waals surface area contributed by atoms with E-state index in [0.717, 1.165) is 31.9 Å². The normalized spacial score (nSPS) is 14.4. The topological polar surface area (TPSA) is 106 Å². The molecular weight excluding hydrogens is 492 g/mol. The Hall–Kier alpha value is -4.51. The number of phenols is 1. The van der Waals surface area contributed by atoms with E-state index in [9.17, 15) is 18.7 Å². The average molecular weight is 518 g/mol. The molecule has 3 aromatic carbocycles. The van der Waals surface area contributed by atoms with Gasteiger partial charge in [0.1, 0.15) is 17.4 Å². The second-order valence-electron chi connectivity index (χ2n) is 9.46. The molecule has 0 saturated carbocycles. The predicted molar refractivity (Wildman–Crippen MR) is 140 cm³/mol. The van der Waals surface area contributed by atoms with Crippen molar-refractivity contribution in [3.8, 4) is 22.8 Å². The number of hydrogen-bond donors (Lipinski definition) is 3. The van der Waals surface area contributed by atoms with Crippen molar-refractivity contribution < 1.29 is 13.9 Å². The molecule has 5 aromatic rings. The molecular formula is C27H25F2N7O2. The number of hydrogen-bond acceptors (Lipinski definition) is 6. The molecule has 38 heavy (non-hydrogen) atoms. The van der Waals surface area contributed by atoms with Gasteiger partial charge in [-0.2, -0.15) is 10.2 Å². The molecule has 0 bridgehead atoms. The molecule has 0 amide bonds. The Bertz CT molecular complexity index is 1660. The molecule has 0 spiro atoms. The number of H-pyrrole nitrogens is 2. The van der Waals surface area contributed by atoms with E-state index in [0.29, 0.717) is 22.3 Å². The fourth-order valence-corrected chi connectivity index (χ4v) is 4.89.